The number of hydrogen-bond acceptors (Lipinski definition) is 2. The van der Waals surface area contributed by atoms with Gasteiger partial charge in [0.25, 0.3) is 0 Å². The maximum absolute atomic E-state index is 13.3. The van der Waals surface area contributed by atoms with Crippen LogP contribution >= 0.6 is 0 Å². The summed E-state index contributed by atoms with van der Waals surface area (Å²) in [7, 11) is 0. The lowest BCUT2D eigenvalue weighted by Crippen LogP contribution is -2.10. The van der Waals surface area contributed by atoms with Crippen LogP contribution in [0.4, 0.5) is 4.39 Å². The SMILES string of the molecule is C=CCC[C@@H](N)c1ccc(C)c(F)c1O. The van der Waals surface area contributed by atoms with Gasteiger partial charge in [0.1, 0.15) is 0 Å². The van der Waals surface area contributed by atoms with Crippen molar-refractivity contribution in [3.8, 4) is 5.75 Å². The number of nitrogens with two attached hydrogens (primary N) is 1. The molecular formula is C12H16FNO. The van der Waals surface area contributed by atoms with Gasteiger partial charge in [-0.2, -0.15) is 0 Å². The Bertz CT molecular complexity index is 363. The molecule has 1 aromatic carbocycles. The van der Waals surface area contributed by atoms with E-state index in [4.69, 9.17) is 5.73 Å². The molecule has 0 bridgehead atoms. The molecule has 2 nitrogen and oxygen atoms in total. The van der Waals surface area contributed by atoms with E-state index in [1.807, 2.05) is 0 Å². The molecule has 1 aromatic rings. The van der Waals surface area contributed by atoms with Crippen LogP contribution in [0.3, 0.4) is 0 Å². The average molecular weight is 209 g/mol. The van der Waals surface area contributed by atoms with Crippen LogP contribution in [0.2, 0.25) is 0 Å². The second-order valence-electron chi connectivity index (χ2n) is 3.61. The summed E-state index contributed by atoms with van der Waals surface area (Å²) in [6.45, 7) is 5.19. The third-order valence-corrected chi connectivity index (χ3v) is 2.42. The minimum atomic E-state index is -0.582. The maximum Gasteiger partial charge on any atom is 0.168 e. The van der Waals surface area contributed by atoms with Gasteiger partial charge in [-0.15, -0.1) is 6.58 Å². The molecule has 0 aromatic heterocycles. The zero-order valence-electron chi connectivity index (χ0n) is 8.83. The van der Waals surface area contributed by atoms with Gasteiger partial charge in [-0.25, -0.2) is 4.39 Å². The summed E-state index contributed by atoms with van der Waals surface area (Å²) in [6, 6.07) is 2.94. The molecule has 0 aliphatic carbocycles. The molecule has 0 aliphatic rings. The molecular weight excluding hydrogens is 193 g/mol. The molecule has 0 saturated heterocycles. The number of benzene rings is 1. The Kier molecular flexibility index (Phi) is 3.86. The first-order valence-electron chi connectivity index (χ1n) is 4.92. The highest BCUT2D eigenvalue weighted by atomic mass is 19.1. The molecule has 0 fully saturated rings. The van der Waals surface area contributed by atoms with Gasteiger partial charge in [-0.1, -0.05) is 18.2 Å². The molecule has 0 amide bonds. The molecule has 3 N–H and O–H groups in total. The van der Waals surface area contributed by atoms with Crippen LogP contribution in [0, 0.1) is 12.7 Å². The second kappa shape index (κ2) is 4.94. The van der Waals surface area contributed by atoms with E-state index in [0.717, 1.165) is 6.42 Å². The Morgan fingerprint density at radius 3 is 2.87 bits per heavy atom. The predicted molar refractivity (Wildman–Crippen MR) is 59.2 cm³/mol. The van der Waals surface area contributed by atoms with Crippen molar-refractivity contribution in [1.29, 1.82) is 0 Å². The molecule has 0 heterocycles. The van der Waals surface area contributed by atoms with Gasteiger partial charge in [-0.3, -0.25) is 0 Å². The van der Waals surface area contributed by atoms with E-state index in [0.29, 0.717) is 17.5 Å². The lowest BCUT2D eigenvalue weighted by Gasteiger charge is -2.13. The van der Waals surface area contributed by atoms with Gasteiger partial charge in [-0.05, 0) is 25.3 Å². The second-order valence-corrected chi connectivity index (χ2v) is 3.61. The summed E-state index contributed by atoms with van der Waals surface area (Å²) in [4.78, 5) is 0. The number of hydrogen-bond donors (Lipinski definition) is 2. The standard InChI is InChI=1S/C12H16FNO/c1-3-4-5-10(14)9-7-6-8(2)11(13)12(9)15/h3,6-7,10,15H,1,4-5,14H2,2H3/t10-/m1/s1. The number of halogens is 1. The van der Waals surface area contributed by atoms with Crippen LogP contribution in [0.15, 0.2) is 24.8 Å². The predicted octanol–water partition coefficient (Wildman–Crippen LogP) is 2.81. The highest BCUT2D eigenvalue weighted by Gasteiger charge is 2.14. The quantitative estimate of drug-likeness (QED) is 0.749. The van der Waals surface area contributed by atoms with Crippen molar-refractivity contribution in [2.45, 2.75) is 25.8 Å². The van der Waals surface area contributed by atoms with Gasteiger partial charge < -0.3 is 10.8 Å². The number of aromatic hydroxyl groups is 1. The van der Waals surface area contributed by atoms with Crippen molar-refractivity contribution in [2.24, 2.45) is 5.73 Å². The molecule has 1 atom stereocenters. The van der Waals surface area contributed by atoms with E-state index < -0.39 is 5.82 Å². The van der Waals surface area contributed by atoms with Gasteiger partial charge in [0.15, 0.2) is 11.6 Å². The molecule has 0 aliphatic heterocycles. The fourth-order valence-electron chi connectivity index (χ4n) is 1.43. The van der Waals surface area contributed by atoms with Crippen LogP contribution in [-0.4, -0.2) is 5.11 Å². The molecule has 0 unspecified atom stereocenters. The van der Waals surface area contributed by atoms with E-state index >= 15 is 0 Å². The van der Waals surface area contributed by atoms with Gasteiger partial charge in [0.2, 0.25) is 0 Å². The fourth-order valence-corrected chi connectivity index (χ4v) is 1.43. The Morgan fingerprint density at radius 1 is 1.60 bits per heavy atom. The zero-order chi connectivity index (χ0) is 11.4. The molecule has 0 saturated carbocycles. The summed E-state index contributed by atoms with van der Waals surface area (Å²) in [6.07, 6.45) is 3.15. The van der Waals surface area contributed by atoms with Crippen LogP contribution in [0.5, 0.6) is 5.75 Å². The van der Waals surface area contributed by atoms with Crippen LogP contribution in [-0.2, 0) is 0 Å². The number of aryl methyl sites for hydroxylation is 1. The summed E-state index contributed by atoms with van der Waals surface area (Å²) >= 11 is 0. The molecule has 1 rings (SSSR count). The van der Waals surface area contributed by atoms with Crippen molar-refractivity contribution < 1.29 is 9.50 Å². The van der Waals surface area contributed by atoms with Crippen LogP contribution < -0.4 is 5.73 Å². The number of allylic oxidation sites excluding steroid dienone is 1. The third-order valence-electron chi connectivity index (χ3n) is 2.42. The van der Waals surface area contributed by atoms with E-state index in [1.54, 1.807) is 25.1 Å². The van der Waals surface area contributed by atoms with Gasteiger partial charge in [0.05, 0.1) is 0 Å². The van der Waals surface area contributed by atoms with Gasteiger partial charge >= 0.3 is 0 Å². The normalized spacial score (nSPS) is 12.5. The Labute approximate surface area is 89.2 Å². The van der Waals surface area contributed by atoms with Crippen molar-refractivity contribution >= 4 is 0 Å². The van der Waals surface area contributed by atoms with Crippen LogP contribution in [0.25, 0.3) is 0 Å². The number of rotatable bonds is 4. The van der Waals surface area contributed by atoms with Crippen molar-refractivity contribution in [2.75, 3.05) is 0 Å². The topological polar surface area (TPSA) is 46.2 Å². The van der Waals surface area contributed by atoms with E-state index in [1.165, 1.54) is 0 Å². The molecule has 15 heavy (non-hydrogen) atoms. The van der Waals surface area contributed by atoms with Gasteiger partial charge in [0, 0.05) is 11.6 Å². The summed E-state index contributed by atoms with van der Waals surface area (Å²) in [5.74, 6) is -0.909. The maximum atomic E-state index is 13.3. The lowest BCUT2D eigenvalue weighted by atomic mass is 10.00. The highest BCUT2D eigenvalue weighted by Crippen LogP contribution is 2.29. The van der Waals surface area contributed by atoms with E-state index in [2.05, 4.69) is 6.58 Å². The smallest absolute Gasteiger partial charge is 0.168 e. The molecule has 0 spiro atoms. The largest absolute Gasteiger partial charge is 0.505 e. The Morgan fingerprint density at radius 2 is 2.27 bits per heavy atom. The molecule has 82 valence electrons. The van der Waals surface area contributed by atoms with E-state index in [9.17, 15) is 9.50 Å². The van der Waals surface area contributed by atoms with Crippen LogP contribution in [0.1, 0.15) is 30.0 Å². The first kappa shape index (κ1) is 11.7. The first-order chi connectivity index (χ1) is 7.07. The molecule has 0 radical (unpaired) electrons. The monoisotopic (exact) mass is 209 g/mol. The zero-order valence-corrected chi connectivity index (χ0v) is 8.83. The van der Waals surface area contributed by atoms with Crippen molar-refractivity contribution in [3.05, 3.63) is 41.7 Å². The Hall–Kier alpha value is -1.35. The summed E-state index contributed by atoms with van der Waals surface area (Å²) in [5, 5.41) is 9.57. The van der Waals surface area contributed by atoms with Crippen molar-refractivity contribution in [1.82, 2.24) is 0 Å². The molecule has 3 heteroatoms. The summed E-state index contributed by atoms with van der Waals surface area (Å²) in [5.41, 5.74) is 6.71. The fraction of sp³-hybridized carbons (Fsp3) is 0.333. The Balaban J connectivity index is 2.94. The highest BCUT2D eigenvalue weighted by molar-refractivity contribution is 5.39. The minimum absolute atomic E-state index is 0.327. The third kappa shape index (κ3) is 2.57. The number of phenolic OH excluding ortho intramolecular Hbond substituents is 1. The minimum Gasteiger partial charge on any atom is -0.505 e. The van der Waals surface area contributed by atoms with Crippen molar-refractivity contribution in [3.63, 3.8) is 0 Å². The lowest BCUT2D eigenvalue weighted by molar-refractivity contribution is 0.416. The summed E-state index contributed by atoms with van der Waals surface area (Å²) < 4.78 is 13.3. The first-order valence-corrected chi connectivity index (χ1v) is 4.92. The number of phenols is 1. The van der Waals surface area contributed by atoms with E-state index in [-0.39, 0.29) is 11.8 Å². The average Bonchev–Trinajstić information content (AvgIpc) is 2.23.